The van der Waals surface area contributed by atoms with Gasteiger partial charge in [-0.15, -0.1) is 0 Å². The second kappa shape index (κ2) is 3.99. The van der Waals surface area contributed by atoms with E-state index in [0.29, 0.717) is 0 Å². The first-order chi connectivity index (χ1) is 6.75. The van der Waals surface area contributed by atoms with Crippen LogP contribution in [0.4, 0.5) is 0 Å². The van der Waals surface area contributed by atoms with Gasteiger partial charge < -0.3 is 4.74 Å². The van der Waals surface area contributed by atoms with Crippen molar-refractivity contribution in [2.24, 2.45) is 0 Å². The quantitative estimate of drug-likeness (QED) is 0.435. The van der Waals surface area contributed by atoms with Crippen LogP contribution in [0.3, 0.4) is 0 Å². The molecule has 2 nitrogen and oxygen atoms in total. The number of carbonyl (C=O) groups is 1. The van der Waals surface area contributed by atoms with Gasteiger partial charge in [-0.3, -0.25) is 0 Å². The summed E-state index contributed by atoms with van der Waals surface area (Å²) in [4.78, 5) is 11.4. The van der Waals surface area contributed by atoms with Gasteiger partial charge in [0.2, 0.25) is 0 Å². The number of esters is 1. The molecule has 1 unspecified atom stereocenters. The van der Waals surface area contributed by atoms with Crippen molar-refractivity contribution >= 4 is 5.97 Å². The first-order valence-corrected chi connectivity index (χ1v) is 5.33. The summed E-state index contributed by atoms with van der Waals surface area (Å²) in [6.07, 6.45) is 9.45. The Morgan fingerprint density at radius 2 is 2.29 bits per heavy atom. The van der Waals surface area contributed by atoms with Gasteiger partial charge in [-0.2, -0.15) is 0 Å². The maximum atomic E-state index is 11.4. The molecular formula is C12H16O2. The molecule has 0 aromatic carbocycles. The molecule has 2 aliphatic rings. The molecular weight excluding hydrogens is 176 g/mol. The zero-order valence-electron chi connectivity index (χ0n) is 8.58. The van der Waals surface area contributed by atoms with Crippen LogP contribution >= 0.6 is 0 Å². The molecule has 76 valence electrons. The van der Waals surface area contributed by atoms with Crippen LogP contribution in [0.25, 0.3) is 0 Å². The average molecular weight is 192 g/mol. The largest absolute Gasteiger partial charge is 0.454 e. The highest BCUT2D eigenvalue weighted by atomic mass is 16.5. The molecule has 0 N–H and O–H groups in total. The SMILES string of the molecule is C/C1=C\CCCCC2=CC(C1)OC2=O. The first-order valence-electron chi connectivity index (χ1n) is 5.33. The molecule has 0 aromatic rings. The van der Waals surface area contributed by atoms with Crippen LogP contribution in [0.5, 0.6) is 0 Å². The number of fused-ring (bicyclic) bond motifs is 1. The molecule has 2 rings (SSSR count). The lowest BCUT2D eigenvalue weighted by atomic mass is 10.0. The van der Waals surface area contributed by atoms with Crippen molar-refractivity contribution in [1.29, 1.82) is 0 Å². The molecule has 1 atom stereocenters. The maximum Gasteiger partial charge on any atom is 0.334 e. The van der Waals surface area contributed by atoms with Crippen molar-refractivity contribution in [2.45, 2.75) is 45.1 Å². The average Bonchev–Trinajstić information content (AvgIpc) is 2.45. The van der Waals surface area contributed by atoms with Crippen LogP contribution in [0.2, 0.25) is 0 Å². The van der Waals surface area contributed by atoms with E-state index >= 15 is 0 Å². The Hall–Kier alpha value is -1.05. The Kier molecular flexibility index (Phi) is 2.71. The smallest absolute Gasteiger partial charge is 0.334 e. The van der Waals surface area contributed by atoms with Crippen LogP contribution in [0.15, 0.2) is 23.3 Å². The zero-order valence-corrected chi connectivity index (χ0v) is 8.58. The summed E-state index contributed by atoms with van der Waals surface area (Å²) in [6, 6.07) is 0. The third-order valence-corrected chi connectivity index (χ3v) is 2.82. The second-order valence-corrected chi connectivity index (χ2v) is 4.14. The molecule has 0 amide bonds. The molecule has 0 fully saturated rings. The molecule has 1 aliphatic carbocycles. The summed E-state index contributed by atoms with van der Waals surface area (Å²) >= 11 is 0. The minimum atomic E-state index is -0.0929. The van der Waals surface area contributed by atoms with Gasteiger partial charge in [0.25, 0.3) is 0 Å². The standard InChI is InChI=1S/C12H16O2/c1-9-5-3-2-4-6-10-8-11(7-9)14-12(10)13/h5,8,11H,2-4,6-7H2,1H3/b9-5+. The Morgan fingerprint density at radius 1 is 1.43 bits per heavy atom. The van der Waals surface area contributed by atoms with Gasteiger partial charge in [-0.05, 0) is 38.7 Å². The molecule has 0 spiro atoms. The number of allylic oxidation sites excluding steroid dienone is 1. The molecule has 0 radical (unpaired) electrons. The summed E-state index contributed by atoms with van der Waals surface area (Å²) < 4.78 is 5.25. The van der Waals surface area contributed by atoms with E-state index in [9.17, 15) is 4.79 Å². The lowest BCUT2D eigenvalue weighted by molar-refractivity contribution is -0.139. The Morgan fingerprint density at radius 3 is 3.14 bits per heavy atom. The van der Waals surface area contributed by atoms with E-state index in [1.807, 2.05) is 6.08 Å². The van der Waals surface area contributed by atoms with Crippen molar-refractivity contribution < 1.29 is 9.53 Å². The van der Waals surface area contributed by atoms with Gasteiger partial charge in [-0.25, -0.2) is 4.79 Å². The third kappa shape index (κ3) is 2.06. The molecule has 2 bridgehead atoms. The normalized spacial score (nSPS) is 31.5. The van der Waals surface area contributed by atoms with Gasteiger partial charge in [0, 0.05) is 12.0 Å². The highest BCUT2D eigenvalue weighted by Gasteiger charge is 2.25. The van der Waals surface area contributed by atoms with Crippen LogP contribution in [-0.2, 0) is 9.53 Å². The van der Waals surface area contributed by atoms with Crippen molar-refractivity contribution in [3.05, 3.63) is 23.3 Å². The summed E-state index contributed by atoms with van der Waals surface area (Å²) in [7, 11) is 0. The molecule has 0 saturated carbocycles. The third-order valence-electron chi connectivity index (χ3n) is 2.82. The van der Waals surface area contributed by atoms with E-state index in [-0.39, 0.29) is 12.1 Å². The zero-order chi connectivity index (χ0) is 9.97. The molecule has 1 heterocycles. The number of carbonyl (C=O) groups excluding carboxylic acids is 1. The minimum absolute atomic E-state index is 0.00634. The second-order valence-electron chi connectivity index (χ2n) is 4.14. The summed E-state index contributed by atoms with van der Waals surface area (Å²) in [5.74, 6) is -0.0929. The fourth-order valence-electron chi connectivity index (χ4n) is 2.03. The van der Waals surface area contributed by atoms with Crippen molar-refractivity contribution in [3.63, 3.8) is 0 Å². The van der Waals surface area contributed by atoms with Gasteiger partial charge >= 0.3 is 5.97 Å². The summed E-state index contributed by atoms with van der Waals surface area (Å²) in [5.41, 5.74) is 2.23. The lowest BCUT2D eigenvalue weighted by Gasteiger charge is -2.08. The van der Waals surface area contributed by atoms with Crippen LogP contribution < -0.4 is 0 Å². The summed E-state index contributed by atoms with van der Waals surface area (Å²) in [5, 5.41) is 0. The Balaban J connectivity index is 2.12. The van der Waals surface area contributed by atoms with E-state index in [1.165, 1.54) is 12.0 Å². The highest BCUT2D eigenvalue weighted by molar-refractivity contribution is 5.90. The van der Waals surface area contributed by atoms with E-state index in [1.54, 1.807) is 0 Å². The van der Waals surface area contributed by atoms with E-state index in [4.69, 9.17) is 4.74 Å². The van der Waals surface area contributed by atoms with E-state index in [0.717, 1.165) is 31.3 Å². The van der Waals surface area contributed by atoms with E-state index < -0.39 is 0 Å². The van der Waals surface area contributed by atoms with E-state index in [2.05, 4.69) is 13.0 Å². The van der Waals surface area contributed by atoms with Crippen molar-refractivity contribution in [2.75, 3.05) is 0 Å². The van der Waals surface area contributed by atoms with Gasteiger partial charge in [0.15, 0.2) is 0 Å². The topological polar surface area (TPSA) is 26.3 Å². The fourth-order valence-corrected chi connectivity index (χ4v) is 2.03. The molecule has 0 saturated heterocycles. The molecule has 2 heteroatoms. The lowest BCUT2D eigenvalue weighted by Crippen LogP contribution is -2.08. The number of ether oxygens (including phenoxy) is 1. The van der Waals surface area contributed by atoms with Crippen LogP contribution in [0.1, 0.15) is 39.0 Å². The number of hydrogen-bond donors (Lipinski definition) is 0. The fraction of sp³-hybridized carbons (Fsp3) is 0.583. The Labute approximate surface area is 84.6 Å². The number of hydrogen-bond acceptors (Lipinski definition) is 2. The highest BCUT2D eigenvalue weighted by Crippen LogP contribution is 2.25. The van der Waals surface area contributed by atoms with Crippen molar-refractivity contribution in [3.8, 4) is 0 Å². The maximum absolute atomic E-state index is 11.4. The predicted molar refractivity (Wildman–Crippen MR) is 54.8 cm³/mol. The first kappa shape index (κ1) is 9.50. The molecule has 14 heavy (non-hydrogen) atoms. The van der Waals surface area contributed by atoms with Crippen molar-refractivity contribution in [1.82, 2.24) is 0 Å². The van der Waals surface area contributed by atoms with Gasteiger partial charge in [0.05, 0.1) is 0 Å². The van der Waals surface area contributed by atoms with Crippen LogP contribution in [0, 0.1) is 0 Å². The summed E-state index contributed by atoms with van der Waals surface area (Å²) in [6.45, 7) is 2.11. The molecule has 1 aliphatic heterocycles. The van der Waals surface area contributed by atoms with Gasteiger partial charge in [0.1, 0.15) is 6.10 Å². The molecule has 0 aromatic heterocycles. The minimum Gasteiger partial charge on any atom is -0.454 e. The number of rotatable bonds is 0. The predicted octanol–water partition coefficient (Wildman–Crippen LogP) is 2.75. The van der Waals surface area contributed by atoms with Crippen LogP contribution in [-0.4, -0.2) is 12.1 Å². The monoisotopic (exact) mass is 192 g/mol. The van der Waals surface area contributed by atoms with Gasteiger partial charge in [-0.1, -0.05) is 11.6 Å². The Bertz CT molecular complexity index is 299.